The summed E-state index contributed by atoms with van der Waals surface area (Å²) in [6.45, 7) is 6.83. The number of methoxy groups -OCH3 is 1. The van der Waals surface area contributed by atoms with Crippen molar-refractivity contribution in [1.29, 1.82) is 0 Å². The molecular formula is C31H37ClFN3O3. The van der Waals surface area contributed by atoms with Crippen LogP contribution in [-0.2, 0) is 16.1 Å². The maximum atomic E-state index is 13.2. The van der Waals surface area contributed by atoms with Gasteiger partial charge in [0.2, 0.25) is 5.91 Å². The molecule has 0 aromatic heterocycles. The van der Waals surface area contributed by atoms with Gasteiger partial charge in [-0.3, -0.25) is 4.79 Å². The molecule has 39 heavy (non-hydrogen) atoms. The number of halogens is 2. The van der Waals surface area contributed by atoms with Crippen LogP contribution in [-0.4, -0.2) is 37.5 Å². The lowest BCUT2D eigenvalue weighted by atomic mass is 9.94. The highest BCUT2D eigenvalue weighted by atomic mass is 35.5. The summed E-state index contributed by atoms with van der Waals surface area (Å²) in [7, 11) is 1.55. The molecule has 1 fully saturated rings. The molecule has 2 aromatic carbocycles. The van der Waals surface area contributed by atoms with Crippen LogP contribution >= 0.6 is 11.6 Å². The second kappa shape index (κ2) is 12.3. The van der Waals surface area contributed by atoms with E-state index in [0.717, 1.165) is 40.1 Å². The topological polar surface area (TPSA) is 72.3 Å². The molecule has 1 aliphatic carbocycles. The molecule has 1 heterocycles. The molecule has 1 atom stereocenters. The zero-order valence-corrected chi connectivity index (χ0v) is 24.1. The van der Waals surface area contributed by atoms with Gasteiger partial charge in [-0.25, -0.2) is 4.39 Å². The largest absolute Gasteiger partial charge is 0.490 e. The Balaban J connectivity index is 1.55. The van der Waals surface area contributed by atoms with Crippen LogP contribution in [0.3, 0.4) is 0 Å². The Morgan fingerprint density at radius 2 is 1.87 bits per heavy atom. The Labute approximate surface area is 235 Å². The van der Waals surface area contributed by atoms with Gasteiger partial charge in [-0.05, 0) is 112 Å². The summed E-state index contributed by atoms with van der Waals surface area (Å²) < 4.78 is 24.8. The Morgan fingerprint density at radius 1 is 1.15 bits per heavy atom. The van der Waals surface area contributed by atoms with Gasteiger partial charge in [0, 0.05) is 17.1 Å². The summed E-state index contributed by atoms with van der Waals surface area (Å²) in [4.78, 5) is 21.8. The minimum atomic E-state index is -1.08. The van der Waals surface area contributed by atoms with Crippen molar-refractivity contribution < 1.29 is 18.7 Å². The average molecular weight is 554 g/mol. The lowest BCUT2D eigenvalue weighted by Gasteiger charge is -2.20. The minimum absolute atomic E-state index is 0.233. The molecule has 0 unspecified atom stereocenters. The lowest BCUT2D eigenvalue weighted by Crippen LogP contribution is -2.37. The second-order valence-corrected chi connectivity index (χ2v) is 11.4. The van der Waals surface area contributed by atoms with Crippen LogP contribution in [0.5, 0.6) is 5.75 Å². The van der Waals surface area contributed by atoms with Gasteiger partial charge in [0.15, 0.2) is 0 Å². The molecule has 8 heteroatoms. The van der Waals surface area contributed by atoms with Gasteiger partial charge in [-0.1, -0.05) is 17.7 Å². The maximum Gasteiger partial charge on any atom is 0.316 e. The molecule has 1 saturated carbocycles. The van der Waals surface area contributed by atoms with E-state index in [-0.39, 0.29) is 24.6 Å². The summed E-state index contributed by atoms with van der Waals surface area (Å²) in [5.74, 6) is 1.19. The molecule has 0 radical (unpaired) electrons. The van der Waals surface area contributed by atoms with Crippen molar-refractivity contribution in [3.05, 3.63) is 69.8 Å². The maximum absolute atomic E-state index is 13.2. The Bertz CT molecular complexity index is 1300. The summed E-state index contributed by atoms with van der Waals surface area (Å²) >= 11 is 6.61. The molecule has 6 nitrogen and oxygen atoms in total. The fraction of sp³-hybridized carbons (Fsp3) is 0.452. The van der Waals surface area contributed by atoms with Crippen molar-refractivity contribution in [2.45, 2.75) is 66.0 Å². The van der Waals surface area contributed by atoms with E-state index in [1.807, 2.05) is 43.3 Å². The van der Waals surface area contributed by atoms with Gasteiger partial charge in [0.05, 0.1) is 30.0 Å². The fourth-order valence-corrected chi connectivity index (χ4v) is 4.56. The number of carbonyl (C=O) groups excluding carboxylic acids is 1. The first-order valence-electron chi connectivity index (χ1n) is 13.4. The van der Waals surface area contributed by atoms with Gasteiger partial charge >= 0.3 is 6.02 Å². The van der Waals surface area contributed by atoms with E-state index >= 15 is 0 Å². The normalized spacial score (nSPS) is 21.5. The van der Waals surface area contributed by atoms with Crippen molar-refractivity contribution in [2.24, 2.45) is 21.3 Å². The predicted octanol–water partition coefficient (Wildman–Crippen LogP) is 7.15. The number of aliphatic imine (C=N–C) groups is 2. The molecule has 1 amide bonds. The molecule has 2 aliphatic rings. The van der Waals surface area contributed by atoms with E-state index in [9.17, 15) is 9.18 Å². The van der Waals surface area contributed by atoms with E-state index < -0.39 is 12.1 Å². The average Bonchev–Trinajstić information content (AvgIpc) is 3.77. The minimum Gasteiger partial charge on any atom is -0.490 e. The van der Waals surface area contributed by atoms with Crippen molar-refractivity contribution >= 4 is 34.9 Å². The van der Waals surface area contributed by atoms with Crippen LogP contribution in [0.2, 0.25) is 5.02 Å². The number of rotatable bonds is 9. The third-order valence-corrected chi connectivity index (χ3v) is 7.57. The molecule has 2 aromatic rings. The standard InChI is InChI=1S/C31H37ClFN3O3/c1-19-6-15-27(23-10-12-24(13-11-23)39-20(2)22-8-9-22)35-30(38-5)36-28(19)25-16-21(7-14-26(25)32)17-34-29(37)31(3,4)18-33/h7,10-14,16,20,22H,6,8-9,15,17-18H2,1-5H3,(H,34,37)/b28-19+,35-27+,36-30+/t20-/m1/s1. The van der Waals surface area contributed by atoms with Crippen molar-refractivity contribution in [3.63, 3.8) is 0 Å². The SMILES string of the molecule is COC1=N/C(c2cc(CNC(=O)C(C)(C)CF)ccc2Cl)=C(\C)CC/C(c2ccc(O[C@H](C)C3CC3)cc2)=N\1. The zero-order chi connectivity index (χ0) is 28.2. The number of amides is 1. The molecular weight excluding hydrogens is 517 g/mol. The highest BCUT2D eigenvalue weighted by Crippen LogP contribution is 2.35. The first-order chi connectivity index (χ1) is 18.6. The van der Waals surface area contributed by atoms with E-state index in [1.165, 1.54) is 12.8 Å². The van der Waals surface area contributed by atoms with Crippen LogP contribution in [0.25, 0.3) is 5.70 Å². The summed E-state index contributed by atoms with van der Waals surface area (Å²) in [5.41, 5.74) is 4.08. The second-order valence-electron chi connectivity index (χ2n) is 11.0. The number of ether oxygens (including phenoxy) is 2. The highest BCUT2D eigenvalue weighted by Gasteiger charge is 2.29. The zero-order valence-electron chi connectivity index (χ0n) is 23.3. The molecule has 0 saturated heterocycles. The van der Waals surface area contributed by atoms with Crippen LogP contribution < -0.4 is 10.1 Å². The quantitative estimate of drug-likeness (QED) is 0.358. The molecule has 1 N–H and O–H groups in total. The lowest BCUT2D eigenvalue weighted by molar-refractivity contribution is -0.130. The number of nitrogens with zero attached hydrogens (tertiary/aromatic N) is 2. The van der Waals surface area contributed by atoms with Crippen molar-refractivity contribution in [2.75, 3.05) is 13.8 Å². The summed E-state index contributed by atoms with van der Waals surface area (Å²) in [5, 5.41) is 3.34. The monoisotopic (exact) mass is 553 g/mol. The highest BCUT2D eigenvalue weighted by molar-refractivity contribution is 6.32. The van der Waals surface area contributed by atoms with E-state index in [0.29, 0.717) is 23.1 Å². The smallest absolute Gasteiger partial charge is 0.316 e. The van der Waals surface area contributed by atoms with E-state index in [1.54, 1.807) is 27.0 Å². The number of hydrogen-bond donors (Lipinski definition) is 1. The van der Waals surface area contributed by atoms with E-state index in [4.69, 9.17) is 31.1 Å². The first-order valence-corrected chi connectivity index (χ1v) is 13.8. The molecule has 1 aliphatic heterocycles. The van der Waals surface area contributed by atoms with Gasteiger partial charge in [-0.15, -0.1) is 0 Å². The number of alkyl halides is 1. The number of benzene rings is 2. The van der Waals surface area contributed by atoms with Crippen LogP contribution in [0.15, 0.2) is 58.0 Å². The molecule has 4 rings (SSSR count). The summed E-state index contributed by atoms with van der Waals surface area (Å²) in [6.07, 6.45) is 4.15. The molecule has 0 bridgehead atoms. The van der Waals surface area contributed by atoms with Gasteiger partial charge < -0.3 is 14.8 Å². The van der Waals surface area contributed by atoms with Gasteiger partial charge in [0.1, 0.15) is 12.4 Å². The van der Waals surface area contributed by atoms with Crippen LogP contribution in [0, 0.1) is 11.3 Å². The number of carbonyl (C=O) groups is 1. The summed E-state index contributed by atoms with van der Waals surface area (Å²) in [6, 6.07) is 13.8. The third kappa shape index (κ3) is 7.27. The number of hydrogen-bond acceptors (Lipinski definition) is 5. The molecule has 208 valence electrons. The first kappa shape index (κ1) is 28.8. The Kier molecular flexibility index (Phi) is 9.11. The number of allylic oxidation sites excluding steroid dienone is 1. The third-order valence-electron chi connectivity index (χ3n) is 7.24. The van der Waals surface area contributed by atoms with Gasteiger partial charge in [0.25, 0.3) is 0 Å². The number of amidine groups is 1. The van der Waals surface area contributed by atoms with Crippen LogP contribution in [0.1, 0.15) is 70.1 Å². The number of nitrogens with one attached hydrogen (secondary N) is 1. The Hall–Kier alpha value is -3.19. The van der Waals surface area contributed by atoms with E-state index in [2.05, 4.69) is 12.2 Å². The van der Waals surface area contributed by atoms with Crippen molar-refractivity contribution in [3.8, 4) is 5.75 Å². The van der Waals surface area contributed by atoms with Crippen molar-refractivity contribution in [1.82, 2.24) is 5.32 Å². The molecule has 0 spiro atoms. The fourth-order valence-electron chi connectivity index (χ4n) is 4.35. The van der Waals surface area contributed by atoms with Crippen LogP contribution in [0.4, 0.5) is 4.39 Å². The van der Waals surface area contributed by atoms with Gasteiger partial charge in [-0.2, -0.15) is 9.98 Å². The predicted molar refractivity (Wildman–Crippen MR) is 155 cm³/mol. The Morgan fingerprint density at radius 3 is 2.51 bits per heavy atom.